The van der Waals surface area contributed by atoms with E-state index in [0.29, 0.717) is 6.54 Å². The molecule has 1 atom stereocenters. The molecule has 0 saturated heterocycles. The summed E-state index contributed by atoms with van der Waals surface area (Å²) in [6.07, 6.45) is 3.49. The Balaban J connectivity index is 2.10. The SMILES string of the molecule is Cc1nccn1C(C)C(=O)Nc1cccc(CN)c1. The molecule has 1 unspecified atom stereocenters. The summed E-state index contributed by atoms with van der Waals surface area (Å²) < 4.78 is 1.84. The van der Waals surface area contributed by atoms with E-state index >= 15 is 0 Å². The van der Waals surface area contributed by atoms with Crippen LogP contribution >= 0.6 is 0 Å². The smallest absolute Gasteiger partial charge is 0.247 e. The first-order valence-corrected chi connectivity index (χ1v) is 6.21. The van der Waals surface area contributed by atoms with Gasteiger partial charge in [0.15, 0.2) is 0 Å². The van der Waals surface area contributed by atoms with Crippen LogP contribution in [0.3, 0.4) is 0 Å². The van der Waals surface area contributed by atoms with E-state index in [2.05, 4.69) is 10.3 Å². The molecule has 1 heterocycles. The highest BCUT2D eigenvalue weighted by atomic mass is 16.2. The Labute approximate surface area is 112 Å². The van der Waals surface area contributed by atoms with Gasteiger partial charge in [-0.05, 0) is 31.5 Å². The average molecular weight is 258 g/mol. The van der Waals surface area contributed by atoms with Gasteiger partial charge in [0.2, 0.25) is 5.91 Å². The molecule has 1 aromatic carbocycles. The van der Waals surface area contributed by atoms with Crippen LogP contribution in [0, 0.1) is 6.92 Å². The number of benzene rings is 1. The van der Waals surface area contributed by atoms with Crippen LogP contribution in [-0.2, 0) is 11.3 Å². The van der Waals surface area contributed by atoms with E-state index in [9.17, 15) is 4.79 Å². The third-order valence-electron chi connectivity index (χ3n) is 3.09. The Bertz CT molecular complexity index is 576. The first kappa shape index (κ1) is 13.3. The first-order chi connectivity index (χ1) is 9.11. The minimum atomic E-state index is -0.302. The number of aryl methyl sites for hydroxylation is 1. The fraction of sp³-hybridized carbons (Fsp3) is 0.286. The van der Waals surface area contributed by atoms with E-state index in [4.69, 9.17) is 5.73 Å². The molecule has 0 aliphatic rings. The van der Waals surface area contributed by atoms with Crippen molar-refractivity contribution in [2.45, 2.75) is 26.4 Å². The molecule has 0 aliphatic carbocycles. The van der Waals surface area contributed by atoms with Crippen molar-refractivity contribution in [1.82, 2.24) is 9.55 Å². The Hall–Kier alpha value is -2.14. The number of anilines is 1. The standard InChI is InChI=1S/C14H18N4O/c1-10(18-7-6-16-11(18)2)14(19)17-13-5-3-4-12(8-13)9-15/h3-8,10H,9,15H2,1-2H3,(H,17,19). The number of carbonyl (C=O) groups excluding carboxylic acids is 1. The number of hydrogen-bond acceptors (Lipinski definition) is 3. The fourth-order valence-corrected chi connectivity index (χ4v) is 1.95. The summed E-state index contributed by atoms with van der Waals surface area (Å²) in [6.45, 7) is 4.18. The molecule has 2 aromatic rings. The van der Waals surface area contributed by atoms with Gasteiger partial charge in [-0.25, -0.2) is 4.98 Å². The zero-order chi connectivity index (χ0) is 13.8. The molecular weight excluding hydrogens is 240 g/mol. The van der Waals surface area contributed by atoms with Crippen LogP contribution in [0.5, 0.6) is 0 Å². The number of aromatic nitrogens is 2. The third-order valence-corrected chi connectivity index (χ3v) is 3.09. The van der Waals surface area contributed by atoms with Crippen LogP contribution in [0.2, 0.25) is 0 Å². The van der Waals surface area contributed by atoms with Crippen LogP contribution in [-0.4, -0.2) is 15.5 Å². The summed E-state index contributed by atoms with van der Waals surface area (Å²) in [5, 5.41) is 2.89. The Morgan fingerprint density at radius 2 is 2.32 bits per heavy atom. The van der Waals surface area contributed by atoms with Gasteiger partial charge in [0.25, 0.3) is 0 Å². The number of rotatable bonds is 4. The molecule has 0 aliphatic heterocycles. The molecule has 1 amide bonds. The fourth-order valence-electron chi connectivity index (χ4n) is 1.95. The van der Waals surface area contributed by atoms with Crippen molar-refractivity contribution in [1.29, 1.82) is 0 Å². The Kier molecular flexibility index (Phi) is 3.97. The molecule has 19 heavy (non-hydrogen) atoms. The summed E-state index contributed by atoms with van der Waals surface area (Å²) in [6, 6.07) is 7.24. The quantitative estimate of drug-likeness (QED) is 0.879. The minimum Gasteiger partial charge on any atom is -0.326 e. The summed E-state index contributed by atoms with van der Waals surface area (Å²) in [5.41, 5.74) is 7.33. The van der Waals surface area contributed by atoms with E-state index < -0.39 is 0 Å². The summed E-state index contributed by atoms with van der Waals surface area (Å²) in [4.78, 5) is 16.3. The summed E-state index contributed by atoms with van der Waals surface area (Å²) in [5.74, 6) is 0.744. The van der Waals surface area contributed by atoms with Gasteiger partial charge >= 0.3 is 0 Å². The normalized spacial score (nSPS) is 12.2. The average Bonchev–Trinajstić information content (AvgIpc) is 2.84. The molecular formula is C14H18N4O. The molecule has 0 bridgehead atoms. The Morgan fingerprint density at radius 1 is 1.53 bits per heavy atom. The lowest BCUT2D eigenvalue weighted by Crippen LogP contribution is -2.24. The minimum absolute atomic E-state index is 0.0738. The number of nitrogens with zero attached hydrogens (tertiary/aromatic N) is 2. The van der Waals surface area contributed by atoms with Crippen molar-refractivity contribution in [2.24, 2.45) is 5.73 Å². The van der Waals surface area contributed by atoms with Crippen LogP contribution in [0.1, 0.15) is 24.4 Å². The highest BCUT2D eigenvalue weighted by Gasteiger charge is 2.16. The molecule has 2 rings (SSSR count). The lowest BCUT2D eigenvalue weighted by atomic mass is 10.2. The van der Waals surface area contributed by atoms with Gasteiger partial charge in [0.05, 0.1) is 0 Å². The molecule has 0 spiro atoms. The second-order valence-electron chi connectivity index (χ2n) is 4.45. The third kappa shape index (κ3) is 3.00. The zero-order valence-corrected chi connectivity index (χ0v) is 11.1. The molecule has 0 radical (unpaired) electrons. The van der Waals surface area contributed by atoms with Gasteiger partial charge in [-0.15, -0.1) is 0 Å². The maximum absolute atomic E-state index is 12.2. The van der Waals surface area contributed by atoms with E-state index in [1.54, 1.807) is 12.4 Å². The predicted octanol–water partition coefficient (Wildman–Crippen LogP) is 1.85. The van der Waals surface area contributed by atoms with E-state index in [1.807, 2.05) is 42.7 Å². The van der Waals surface area contributed by atoms with Crippen molar-refractivity contribution in [3.63, 3.8) is 0 Å². The molecule has 1 aromatic heterocycles. The van der Waals surface area contributed by atoms with Crippen molar-refractivity contribution >= 4 is 11.6 Å². The van der Waals surface area contributed by atoms with Gasteiger partial charge < -0.3 is 15.6 Å². The van der Waals surface area contributed by atoms with Gasteiger partial charge in [-0.1, -0.05) is 12.1 Å². The van der Waals surface area contributed by atoms with E-state index in [1.165, 1.54) is 0 Å². The zero-order valence-electron chi connectivity index (χ0n) is 11.1. The van der Waals surface area contributed by atoms with Crippen LogP contribution in [0.15, 0.2) is 36.7 Å². The largest absolute Gasteiger partial charge is 0.326 e. The molecule has 5 heteroatoms. The topological polar surface area (TPSA) is 72.9 Å². The van der Waals surface area contributed by atoms with Crippen molar-refractivity contribution < 1.29 is 4.79 Å². The van der Waals surface area contributed by atoms with Crippen molar-refractivity contribution in [2.75, 3.05) is 5.32 Å². The van der Waals surface area contributed by atoms with E-state index in [0.717, 1.165) is 17.1 Å². The van der Waals surface area contributed by atoms with Gasteiger partial charge in [0, 0.05) is 24.6 Å². The monoisotopic (exact) mass is 258 g/mol. The Morgan fingerprint density at radius 3 is 2.95 bits per heavy atom. The molecule has 3 N–H and O–H groups in total. The van der Waals surface area contributed by atoms with Crippen LogP contribution in [0.25, 0.3) is 0 Å². The van der Waals surface area contributed by atoms with E-state index in [-0.39, 0.29) is 11.9 Å². The van der Waals surface area contributed by atoms with Crippen molar-refractivity contribution in [3.05, 3.63) is 48.0 Å². The summed E-state index contributed by atoms with van der Waals surface area (Å²) in [7, 11) is 0. The maximum atomic E-state index is 12.2. The lowest BCUT2D eigenvalue weighted by molar-refractivity contribution is -0.118. The predicted molar refractivity (Wildman–Crippen MR) is 74.6 cm³/mol. The molecule has 0 saturated carbocycles. The second kappa shape index (κ2) is 5.67. The van der Waals surface area contributed by atoms with Gasteiger partial charge in [0.1, 0.15) is 11.9 Å². The molecule has 0 fully saturated rings. The number of nitrogens with one attached hydrogen (secondary N) is 1. The highest BCUT2D eigenvalue weighted by molar-refractivity contribution is 5.93. The number of imidazole rings is 1. The first-order valence-electron chi connectivity index (χ1n) is 6.21. The number of carbonyl (C=O) groups is 1. The lowest BCUT2D eigenvalue weighted by Gasteiger charge is -2.15. The van der Waals surface area contributed by atoms with Crippen molar-refractivity contribution in [3.8, 4) is 0 Å². The number of hydrogen-bond donors (Lipinski definition) is 2. The molecule has 5 nitrogen and oxygen atoms in total. The number of amides is 1. The van der Waals surface area contributed by atoms with Gasteiger partial charge in [-0.2, -0.15) is 0 Å². The molecule has 100 valence electrons. The second-order valence-corrected chi connectivity index (χ2v) is 4.45. The highest BCUT2D eigenvalue weighted by Crippen LogP contribution is 2.14. The van der Waals surface area contributed by atoms with Crippen LogP contribution in [0.4, 0.5) is 5.69 Å². The van der Waals surface area contributed by atoms with Gasteiger partial charge in [-0.3, -0.25) is 4.79 Å². The number of nitrogens with two attached hydrogens (primary N) is 1. The summed E-state index contributed by atoms with van der Waals surface area (Å²) >= 11 is 0. The maximum Gasteiger partial charge on any atom is 0.247 e. The van der Waals surface area contributed by atoms with Crippen LogP contribution < -0.4 is 11.1 Å².